The summed E-state index contributed by atoms with van der Waals surface area (Å²) in [5.41, 5.74) is 4.74. The molecule has 0 aromatic carbocycles. The average Bonchev–Trinajstić information content (AvgIpc) is 3.17. The van der Waals surface area contributed by atoms with Gasteiger partial charge in [0.15, 0.2) is 17.7 Å². The number of aromatic amines is 1. The van der Waals surface area contributed by atoms with Crippen molar-refractivity contribution >= 4 is 40.9 Å². The highest BCUT2D eigenvalue weighted by molar-refractivity contribution is 7.66. The Bertz CT molecular complexity index is 1160. The van der Waals surface area contributed by atoms with Gasteiger partial charge in [-0.3, -0.25) is 19.2 Å². The Morgan fingerprint density at radius 2 is 1.91 bits per heavy atom. The van der Waals surface area contributed by atoms with E-state index in [1.165, 1.54) is 4.90 Å². The number of nitrogens with zero attached hydrogens (tertiary/aromatic N) is 4. The van der Waals surface area contributed by atoms with Gasteiger partial charge in [-0.2, -0.15) is 18.9 Å². The normalized spacial score (nSPS) is 26.5. The molecule has 0 bridgehead atoms. The monoisotopic (exact) mass is 534 g/mol. The fourth-order valence-electron chi connectivity index (χ4n) is 3.04. The second-order valence-corrected chi connectivity index (χ2v) is 11.0. The molecule has 19 nitrogen and oxygen atoms in total. The highest BCUT2D eigenvalue weighted by Crippen LogP contribution is 2.66. The predicted octanol–water partition coefficient (Wildman–Crippen LogP) is -1.76. The van der Waals surface area contributed by atoms with Crippen LogP contribution in [0.25, 0.3) is 0 Å². The topological polar surface area (TPSA) is 291 Å². The molecule has 8 N–H and O–H groups in total. The number of hydrogen-bond donors (Lipinski definition) is 7. The van der Waals surface area contributed by atoms with E-state index in [0.29, 0.717) is 0 Å². The number of H-pyrrole nitrogens is 1. The first-order valence-electron chi connectivity index (χ1n) is 8.56. The number of ether oxygens (including phenoxy) is 1. The molecule has 1 aromatic heterocycles. The SMILES string of the molecule is N#CN1CN([C@H]2C[C@H](O)[C@@H](COP(=O)(O)OP(=O)(O)OP(=O)(O)O)O2)c2nc(N)[nH]c(=O)c21. The molecule has 33 heavy (non-hydrogen) atoms. The van der Waals surface area contributed by atoms with Crippen LogP contribution >= 0.6 is 23.5 Å². The van der Waals surface area contributed by atoms with Crippen molar-refractivity contribution in [1.82, 2.24) is 9.97 Å². The summed E-state index contributed by atoms with van der Waals surface area (Å²) in [5.74, 6) is -0.255. The van der Waals surface area contributed by atoms with Gasteiger partial charge in [0.05, 0.1) is 12.7 Å². The molecule has 1 fully saturated rings. The van der Waals surface area contributed by atoms with Crippen molar-refractivity contribution in [3.63, 3.8) is 0 Å². The molecule has 0 radical (unpaired) electrons. The van der Waals surface area contributed by atoms with Gasteiger partial charge in [0.2, 0.25) is 5.95 Å². The number of aliphatic hydroxyl groups excluding tert-OH is 1. The summed E-state index contributed by atoms with van der Waals surface area (Å²) in [4.78, 5) is 56.3. The second kappa shape index (κ2) is 9.04. The zero-order chi connectivity index (χ0) is 24.8. The molecule has 1 saturated heterocycles. The fraction of sp³-hybridized carbons (Fsp3) is 0.545. The van der Waals surface area contributed by atoms with Crippen LogP contribution in [0.15, 0.2) is 4.79 Å². The standard InChI is InChI=1S/C11H17N6O13P3/c12-3-16-4-17(9-8(16)10(19)15-11(13)14-9)7-1-5(18)6(28-7)2-27-32(23,24)30-33(25,26)29-31(20,21)22/h5-7,18H,1-2,4H2,(H,23,24)(H,25,26)(H2,20,21,22)(H3,13,14,15,19)/t5-,6+,7+/m0/s1. The summed E-state index contributed by atoms with van der Waals surface area (Å²) in [6.07, 6.45) is -1.98. The van der Waals surface area contributed by atoms with Gasteiger partial charge in [-0.05, 0) is 0 Å². The summed E-state index contributed by atoms with van der Waals surface area (Å²) in [7, 11) is -16.7. The van der Waals surface area contributed by atoms with Crippen molar-refractivity contribution in [2.24, 2.45) is 0 Å². The Balaban J connectivity index is 1.67. The number of rotatable bonds is 8. The number of hydrogen-bond acceptors (Lipinski definition) is 14. The van der Waals surface area contributed by atoms with E-state index in [0.717, 1.165) is 4.90 Å². The molecular weight excluding hydrogens is 517 g/mol. The molecule has 2 aliphatic heterocycles. The van der Waals surface area contributed by atoms with Gasteiger partial charge in [-0.1, -0.05) is 0 Å². The molecule has 0 saturated carbocycles. The molecule has 3 rings (SSSR count). The molecule has 0 amide bonds. The number of nitriles is 1. The number of aliphatic hydroxyl groups is 1. The lowest BCUT2D eigenvalue weighted by Gasteiger charge is -2.25. The minimum absolute atomic E-state index is 0.0106. The maximum absolute atomic E-state index is 12.1. The van der Waals surface area contributed by atoms with Crippen LogP contribution in [-0.4, -0.2) is 66.4 Å². The van der Waals surface area contributed by atoms with Gasteiger partial charge in [0, 0.05) is 6.42 Å². The van der Waals surface area contributed by atoms with E-state index >= 15 is 0 Å². The van der Waals surface area contributed by atoms with Crippen LogP contribution < -0.4 is 21.1 Å². The van der Waals surface area contributed by atoms with Crippen LogP contribution in [0.3, 0.4) is 0 Å². The number of nitrogens with two attached hydrogens (primary N) is 1. The lowest BCUT2D eigenvalue weighted by Crippen LogP contribution is -2.38. The third kappa shape index (κ3) is 6.16. The number of anilines is 3. The maximum Gasteiger partial charge on any atom is 0.490 e. The highest BCUT2D eigenvalue weighted by atomic mass is 31.3. The van der Waals surface area contributed by atoms with Gasteiger partial charge in [-0.25, -0.2) is 13.7 Å². The molecule has 0 aliphatic carbocycles. The summed E-state index contributed by atoms with van der Waals surface area (Å²) < 4.78 is 51.0. The van der Waals surface area contributed by atoms with E-state index in [9.17, 15) is 33.8 Å². The lowest BCUT2D eigenvalue weighted by molar-refractivity contribution is -0.0215. The molecule has 5 atom stereocenters. The molecule has 2 aliphatic rings. The number of phosphoric acid groups is 3. The smallest absolute Gasteiger partial charge is 0.390 e. The van der Waals surface area contributed by atoms with E-state index in [1.54, 1.807) is 6.19 Å². The molecule has 2 unspecified atom stereocenters. The number of nitrogens with one attached hydrogen (secondary N) is 1. The molecule has 3 heterocycles. The molecule has 1 aromatic rings. The Labute approximate surface area is 183 Å². The Morgan fingerprint density at radius 3 is 2.52 bits per heavy atom. The van der Waals surface area contributed by atoms with Gasteiger partial charge < -0.3 is 40.1 Å². The first-order chi connectivity index (χ1) is 15.1. The first kappa shape index (κ1) is 25.7. The third-order valence-electron chi connectivity index (χ3n) is 4.22. The van der Waals surface area contributed by atoms with Crippen LogP contribution in [0.4, 0.5) is 17.5 Å². The Morgan fingerprint density at radius 1 is 1.24 bits per heavy atom. The van der Waals surface area contributed by atoms with Crippen LogP contribution in [0, 0.1) is 11.5 Å². The van der Waals surface area contributed by atoms with E-state index < -0.39 is 54.1 Å². The van der Waals surface area contributed by atoms with Gasteiger partial charge in [0.25, 0.3) is 5.56 Å². The van der Waals surface area contributed by atoms with Crippen molar-refractivity contribution in [1.29, 1.82) is 5.26 Å². The Kier molecular flexibility index (Phi) is 7.05. The Hall–Kier alpha value is -1.90. The molecule has 22 heteroatoms. The van der Waals surface area contributed by atoms with E-state index in [2.05, 4.69) is 23.1 Å². The van der Waals surface area contributed by atoms with Crippen molar-refractivity contribution in [3.05, 3.63) is 10.4 Å². The van der Waals surface area contributed by atoms with Crippen LogP contribution in [0.1, 0.15) is 6.42 Å². The van der Waals surface area contributed by atoms with Crippen molar-refractivity contribution in [2.45, 2.75) is 24.9 Å². The van der Waals surface area contributed by atoms with E-state index in [1.807, 2.05) is 0 Å². The minimum atomic E-state index is -5.70. The quantitative estimate of drug-likeness (QED) is 0.143. The van der Waals surface area contributed by atoms with E-state index in [4.69, 9.17) is 25.2 Å². The maximum atomic E-state index is 12.1. The summed E-state index contributed by atoms with van der Waals surface area (Å²) in [6, 6.07) is 0. The highest BCUT2D eigenvalue weighted by Gasteiger charge is 2.45. The van der Waals surface area contributed by atoms with Crippen molar-refractivity contribution < 1.29 is 56.3 Å². The van der Waals surface area contributed by atoms with Gasteiger partial charge >= 0.3 is 23.5 Å². The van der Waals surface area contributed by atoms with E-state index in [-0.39, 0.29) is 30.5 Å². The van der Waals surface area contributed by atoms with Crippen LogP contribution in [0.2, 0.25) is 0 Å². The average molecular weight is 534 g/mol. The zero-order valence-corrected chi connectivity index (χ0v) is 18.7. The molecule has 184 valence electrons. The van der Waals surface area contributed by atoms with Crippen LogP contribution in [0.5, 0.6) is 0 Å². The summed E-state index contributed by atoms with van der Waals surface area (Å²) in [5, 5.41) is 19.5. The number of nitrogen functional groups attached to an aromatic ring is 1. The molecular formula is C11H17N6O13P3. The lowest BCUT2D eigenvalue weighted by atomic mass is 10.2. The predicted molar refractivity (Wildman–Crippen MR) is 104 cm³/mol. The summed E-state index contributed by atoms with van der Waals surface area (Å²) in [6.45, 7) is -1.07. The number of fused-ring (bicyclic) bond motifs is 1. The second-order valence-electron chi connectivity index (χ2n) is 6.58. The first-order valence-corrected chi connectivity index (χ1v) is 13.1. The van der Waals surface area contributed by atoms with Crippen LogP contribution in [-0.2, 0) is 31.6 Å². The van der Waals surface area contributed by atoms with Crippen molar-refractivity contribution in [2.75, 3.05) is 28.8 Å². The number of phosphoric ester groups is 1. The van der Waals surface area contributed by atoms with Crippen molar-refractivity contribution in [3.8, 4) is 6.19 Å². The third-order valence-corrected chi connectivity index (χ3v) is 8.02. The van der Waals surface area contributed by atoms with Gasteiger partial charge in [0.1, 0.15) is 19.0 Å². The zero-order valence-electron chi connectivity index (χ0n) is 16.1. The number of aromatic nitrogens is 2. The minimum Gasteiger partial charge on any atom is -0.390 e. The molecule has 0 spiro atoms. The van der Waals surface area contributed by atoms with Gasteiger partial charge in [-0.15, -0.1) is 0 Å². The fourth-order valence-corrected chi connectivity index (χ4v) is 6.07. The summed E-state index contributed by atoms with van der Waals surface area (Å²) >= 11 is 0. The largest absolute Gasteiger partial charge is 0.490 e.